The zero-order valence-corrected chi connectivity index (χ0v) is 15.6. The summed E-state index contributed by atoms with van der Waals surface area (Å²) in [5.74, 6) is 1.70. The molecule has 1 N–H and O–H groups in total. The fourth-order valence-corrected chi connectivity index (χ4v) is 2.51. The van der Waals surface area contributed by atoms with E-state index in [1.807, 2.05) is 44.2 Å². The molecule has 1 atom stereocenters. The fraction of sp³-hybridized carbons (Fsp3) is 0.381. The third kappa shape index (κ3) is 5.24. The number of carbonyl (C=O) groups is 1. The van der Waals surface area contributed by atoms with Crippen LogP contribution in [0.1, 0.15) is 44.7 Å². The molecule has 4 heteroatoms. The number of ether oxygens (including phenoxy) is 2. The molecular weight excluding hydrogens is 314 g/mol. The van der Waals surface area contributed by atoms with E-state index in [0.717, 1.165) is 28.3 Å². The summed E-state index contributed by atoms with van der Waals surface area (Å²) < 4.78 is 11.3. The maximum atomic E-state index is 12.4. The van der Waals surface area contributed by atoms with E-state index < -0.39 is 6.10 Å². The molecule has 0 saturated heterocycles. The molecule has 0 aromatic heterocycles. The lowest BCUT2D eigenvalue weighted by atomic mass is 10.0. The summed E-state index contributed by atoms with van der Waals surface area (Å²) in [5.41, 5.74) is 2.93. The van der Waals surface area contributed by atoms with E-state index in [0.29, 0.717) is 12.5 Å². The summed E-state index contributed by atoms with van der Waals surface area (Å²) in [6.45, 7) is 10.6. The summed E-state index contributed by atoms with van der Waals surface area (Å²) >= 11 is 0. The minimum absolute atomic E-state index is 0.180. The highest BCUT2D eigenvalue weighted by Gasteiger charge is 2.18. The van der Waals surface area contributed by atoms with Crippen LogP contribution in [0.2, 0.25) is 0 Å². The van der Waals surface area contributed by atoms with Crippen LogP contribution in [0.5, 0.6) is 11.5 Å². The summed E-state index contributed by atoms with van der Waals surface area (Å²) in [7, 11) is 0. The van der Waals surface area contributed by atoms with Gasteiger partial charge in [-0.25, -0.2) is 0 Å². The van der Waals surface area contributed by atoms with Crippen LogP contribution in [-0.2, 0) is 4.79 Å². The molecule has 25 heavy (non-hydrogen) atoms. The van der Waals surface area contributed by atoms with Crippen molar-refractivity contribution in [1.82, 2.24) is 0 Å². The Morgan fingerprint density at radius 2 is 1.76 bits per heavy atom. The Kier molecular flexibility index (Phi) is 6.45. The van der Waals surface area contributed by atoms with Gasteiger partial charge in [-0.2, -0.15) is 0 Å². The Morgan fingerprint density at radius 1 is 1.08 bits per heavy atom. The number of nitrogens with one attached hydrogen (secondary N) is 1. The van der Waals surface area contributed by atoms with Gasteiger partial charge in [0.1, 0.15) is 11.5 Å². The average Bonchev–Trinajstić information content (AvgIpc) is 2.56. The molecule has 0 spiro atoms. The number of anilines is 1. The monoisotopic (exact) mass is 341 g/mol. The largest absolute Gasteiger partial charge is 0.494 e. The molecule has 0 aliphatic rings. The van der Waals surface area contributed by atoms with Crippen molar-refractivity contribution in [2.24, 2.45) is 0 Å². The van der Waals surface area contributed by atoms with Crippen molar-refractivity contribution >= 4 is 11.6 Å². The van der Waals surface area contributed by atoms with E-state index in [1.165, 1.54) is 0 Å². The second-order valence-corrected chi connectivity index (χ2v) is 6.40. The first kappa shape index (κ1) is 18.8. The Balaban J connectivity index is 2.04. The summed E-state index contributed by atoms with van der Waals surface area (Å²) in [4.78, 5) is 12.4. The number of carbonyl (C=O) groups excluding carboxylic acids is 1. The summed E-state index contributed by atoms with van der Waals surface area (Å²) in [6, 6.07) is 13.4. The number of benzene rings is 2. The first-order valence-corrected chi connectivity index (χ1v) is 8.71. The maximum Gasteiger partial charge on any atom is 0.265 e. The van der Waals surface area contributed by atoms with Crippen LogP contribution in [0.4, 0.5) is 5.69 Å². The van der Waals surface area contributed by atoms with E-state index in [9.17, 15) is 4.79 Å². The standard InChI is InChI=1S/C21H27NO3/c1-6-24-18-10-8-17(9-11-18)22-21(23)16(5)25-20-13-15(4)7-12-19(20)14(2)3/h7-14,16H,6H2,1-5H3,(H,22,23). The van der Waals surface area contributed by atoms with E-state index in [1.54, 1.807) is 6.92 Å². The van der Waals surface area contributed by atoms with Gasteiger partial charge in [-0.1, -0.05) is 26.0 Å². The number of hydrogen-bond donors (Lipinski definition) is 1. The molecule has 0 saturated carbocycles. The Morgan fingerprint density at radius 3 is 2.36 bits per heavy atom. The number of hydrogen-bond acceptors (Lipinski definition) is 3. The normalized spacial score (nSPS) is 11.9. The lowest BCUT2D eigenvalue weighted by Crippen LogP contribution is -2.30. The van der Waals surface area contributed by atoms with Gasteiger partial charge in [0.2, 0.25) is 0 Å². The predicted octanol–water partition coefficient (Wildman–Crippen LogP) is 4.92. The highest BCUT2D eigenvalue weighted by atomic mass is 16.5. The van der Waals surface area contributed by atoms with Crippen molar-refractivity contribution in [3.63, 3.8) is 0 Å². The average molecular weight is 341 g/mol. The van der Waals surface area contributed by atoms with Crippen molar-refractivity contribution in [2.45, 2.75) is 46.6 Å². The van der Waals surface area contributed by atoms with Crippen LogP contribution in [0.15, 0.2) is 42.5 Å². The molecule has 0 bridgehead atoms. The van der Waals surface area contributed by atoms with Crippen LogP contribution in [0.25, 0.3) is 0 Å². The van der Waals surface area contributed by atoms with Gasteiger partial charge in [0, 0.05) is 5.69 Å². The summed E-state index contributed by atoms with van der Waals surface area (Å²) in [5, 5.41) is 2.88. The topological polar surface area (TPSA) is 47.6 Å². The fourth-order valence-electron chi connectivity index (χ4n) is 2.51. The van der Waals surface area contributed by atoms with E-state index >= 15 is 0 Å². The van der Waals surface area contributed by atoms with Crippen LogP contribution in [0, 0.1) is 6.92 Å². The minimum atomic E-state index is -0.592. The van der Waals surface area contributed by atoms with Gasteiger partial charge < -0.3 is 14.8 Å². The zero-order chi connectivity index (χ0) is 18.4. The van der Waals surface area contributed by atoms with Crippen molar-refractivity contribution < 1.29 is 14.3 Å². The highest BCUT2D eigenvalue weighted by molar-refractivity contribution is 5.94. The molecule has 2 aromatic carbocycles. The third-order valence-electron chi connectivity index (χ3n) is 3.90. The van der Waals surface area contributed by atoms with E-state index in [-0.39, 0.29) is 5.91 Å². The molecule has 1 amide bonds. The molecular formula is C21H27NO3. The van der Waals surface area contributed by atoms with Crippen molar-refractivity contribution in [1.29, 1.82) is 0 Å². The molecule has 2 aromatic rings. The Hall–Kier alpha value is -2.49. The lowest BCUT2D eigenvalue weighted by molar-refractivity contribution is -0.122. The quantitative estimate of drug-likeness (QED) is 0.777. The van der Waals surface area contributed by atoms with Gasteiger partial charge in [0.25, 0.3) is 5.91 Å². The van der Waals surface area contributed by atoms with Crippen molar-refractivity contribution in [3.8, 4) is 11.5 Å². The van der Waals surface area contributed by atoms with Gasteiger partial charge >= 0.3 is 0 Å². The summed E-state index contributed by atoms with van der Waals surface area (Å²) in [6.07, 6.45) is -0.592. The molecule has 0 fully saturated rings. The van der Waals surface area contributed by atoms with Crippen LogP contribution < -0.4 is 14.8 Å². The Labute approximate surface area is 150 Å². The molecule has 0 radical (unpaired) electrons. The van der Waals surface area contributed by atoms with Gasteiger partial charge in [-0.05, 0) is 68.1 Å². The second kappa shape index (κ2) is 8.56. The molecule has 4 nitrogen and oxygen atoms in total. The SMILES string of the molecule is CCOc1ccc(NC(=O)C(C)Oc2cc(C)ccc2C(C)C)cc1. The van der Waals surface area contributed by atoms with Crippen molar-refractivity contribution in [3.05, 3.63) is 53.6 Å². The minimum Gasteiger partial charge on any atom is -0.494 e. The van der Waals surface area contributed by atoms with Crippen LogP contribution in [-0.4, -0.2) is 18.6 Å². The number of aryl methyl sites for hydroxylation is 1. The smallest absolute Gasteiger partial charge is 0.265 e. The molecule has 0 heterocycles. The van der Waals surface area contributed by atoms with Crippen LogP contribution >= 0.6 is 0 Å². The molecule has 2 rings (SSSR count). The van der Waals surface area contributed by atoms with E-state index in [4.69, 9.17) is 9.47 Å². The maximum absolute atomic E-state index is 12.4. The Bertz CT molecular complexity index is 708. The molecule has 1 unspecified atom stereocenters. The first-order valence-electron chi connectivity index (χ1n) is 8.71. The first-order chi connectivity index (χ1) is 11.9. The molecule has 134 valence electrons. The number of rotatable bonds is 7. The van der Waals surface area contributed by atoms with Crippen molar-refractivity contribution in [2.75, 3.05) is 11.9 Å². The van der Waals surface area contributed by atoms with Gasteiger partial charge in [-0.3, -0.25) is 4.79 Å². The highest BCUT2D eigenvalue weighted by Crippen LogP contribution is 2.28. The third-order valence-corrected chi connectivity index (χ3v) is 3.90. The molecule has 0 aliphatic heterocycles. The van der Waals surface area contributed by atoms with E-state index in [2.05, 4.69) is 31.3 Å². The van der Waals surface area contributed by atoms with Gasteiger partial charge in [-0.15, -0.1) is 0 Å². The second-order valence-electron chi connectivity index (χ2n) is 6.40. The molecule has 0 aliphatic carbocycles. The zero-order valence-electron chi connectivity index (χ0n) is 15.6. The van der Waals surface area contributed by atoms with Crippen LogP contribution in [0.3, 0.4) is 0 Å². The van der Waals surface area contributed by atoms with Gasteiger partial charge in [0.05, 0.1) is 6.61 Å². The predicted molar refractivity (Wildman–Crippen MR) is 102 cm³/mol. The number of amides is 1. The lowest BCUT2D eigenvalue weighted by Gasteiger charge is -2.19. The van der Waals surface area contributed by atoms with Gasteiger partial charge in [0.15, 0.2) is 6.10 Å².